The summed E-state index contributed by atoms with van der Waals surface area (Å²) >= 11 is 0. The Morgan fingerprint density at radius 2 is 1.24 bits per heavy atom. The molecule has 0 amide bonds. The van der Waals surface area contributed by atoms with Crippen LogP contribution < -0.4 is 8.92 Å². The molecule has 2 rings (SSSR count). The number of ether oxygens (including phenoxy) is 1. The van der Waals surface area contributed by atoms with Gasteiger partial charge < -0.3 is 8.92 Å². The van der Waals surface area contributed by atoms with E-state index in [0.717, 1.165) is 12.1 Å². The lowest BCUT2D eigenvalue weighted by atomic mass is 10.3. The van der Waals surface area contributed by atoms with Crippen molar-refractivity contribution in [3.05, 3.63) is 54.6 Å². The fourth-order valence-electron chi connectivity index (χ4n) is 1.36. The van der Waals surface area contributed by atoms with Gasteiger partial charge in [0.2, 0.25) is 0 Å². The lowest BCUT2D eigenvalue weighted by Gasteiger charge is -2.10. The Morgan fingerprint density at radius 1 is 0.762 bits per heavy atom. The van der Waals surface area contributed by atoms with Gasteiger partial charge >= 0.3 is 15.6 Å². The third-order valence-corrected chi connectivity index (χ3v) is 3.27. The SMILES string of the molecule is O=S(=O)(Oc1ccc(Oc2ccccc2)cc1)C(F)(F)F. The molecule has 2 aromatic rings. The van der Waals surface area contributed by atoms with Gasteiger partial charge in [-0.3, -0.25) is 0 Å². The van der Waals surface area contributed by atoms with Crippen LogP contribution in [0, 0.1) is 0 Å². The van der Waals surface area contributed by atoms with Crippen molar-refractivity contribution in [2.45, 2.75) is 5.51 Å². The molecule has 112 valence electrons. The lowest BCUT2D eigenvalue weighted by molar-refractivity contribution is -0.0500. The summed E-state index contributed by atoms with van der Waals surface area (Å²) < 4.78 is 67.4. The predicted molar refractivity (Wildman–Crippen MR) is 68.6 cm³/mol. The average Bonchev–Trinajstić information content (AvgIpc) is 2.41. The van der Waals surface area contributed by atoms with E-state index in [1.54, 1.807) is 30.3 Å². The zero-order valence-corrected chi connectivity index (χ0v) is 11.2. The number of hydrogen-bond acceptors (Lipinski definition) is 4. The van der Waals surface area contributed by atoms with E-state index in [1.807, 2.05) is 0 Å². The van der Waals surface area contributed by atoms with Crippen LogP contribution in [0.3, 0.4) is 0 Å². The maximum atomic E-state index is 12.1. The molecule has 0 fully saturated rings. The van der Waals surface area contributed by atoms with E-state index >= 15 is 0 Å². The highest BCUT2D eigenvalue weighted by Gasteiger charge is 2.48. The lowest BCUT2D eigenvalue weighted by Crippen LogP contribution is -2.27. The molecule has 0 bridgehead atoms. The van der Waals surface area contributed by atoms with E-state index in [9.17, 15) is 21.6 Å². The van der Waals surface area contributed by atoms with Gasteiger partial charge in [-0.25, -0.2) is 0 Å². The maximum Gasteiger partial charge on any atom is 0.534 e. The number of benzene rings is 2. The number of hydrogen-bond donors (Lipinski definition) is 0. The van der Waals surface area contributed by atoms with Crippen LogP contribution in [0.15, 0.2) is 54.6 Å². The Hall–Kier alpha value is -2.22. The van der Waals surface area contributed by atoms with Crippen molar-refractivity contribution < 1.29 is 30.5 Å². The summed E-state index contributed by atoms with van der Waals surface area (Å²) in [6.07, 6.45) is 0. The van der Waals surface area contributed by atoms with Crippen molar-refractivity contribution in [3.63, 3.8) is 0 Å². The van der Waals surface area contributed by atoms with Crippen molar-refractivity contribution in [2.24, 2.45) is 0 Å². The summed E-state index contributed by atoms with van der Waals surface area (Å²) in [4.78, 5) is 0. The predicted octanol–water partition coefficient (Wildman–Crippen LogP) is 3.71. The van der Waals surface area contributed by atoms with E-state index < -0.39 is 21.4 Å². The van der Waals surface area contributed by atoms with Gasteiger partial charge in [-0.1, -0.05) is 18.2 Å². The Bertz CT molecular complexity index is 694. The summed E-state index contributed by atoms with van der Waals surface area (Å²) in [6.45, 7) is 0. The number of rotatable bonds is 4. The highest BCUT2D eigenvalue weighted by atomic mass is 32.2. The topological polar surface area (TPSA) is 52.6 Å². The molecule has 0 N–H and O–H groups in total. The summed E-state index contributed by atoms with van der Waals surface area (Å²) in [6, 6.07) is 13.4. The van der Waals surface area contributed by atoms with Crippen LogP contribution in [0.2, 0.25) is 0 Å². The first-order valence-electron chi connectivity index (χ1n) is 5.62. The van der Waals surface area contributed by atoms with Gasteiger partial charge in [0, 0.05) is 0 Å². The summed E-state index contributed by atoms with van der Waals surface area (Å²) in [7, 11) is -5.66. The molecule has 0 aliphatic heterocycles. The fourth-order valence-corrected chi connectivity index (χ4v) is 1.82. The van der Waals surface area contributed by atoms with Gasteiger partial charge in [0.25, 0.3) is 0 Å². The van der Waals surface area contributed by atoms with Crippen LogP contribution in [0.4, 0.5) is 13.2 Å². The average molecular weight is 318 g/mol. The highest BCUT2D eigenvalue weighted by molar-refractivity contribution is 7.87. The number of halogens is 3. The molecule has 0 aromatic heterocycles. The zero-order chi connectivity index (χ0) is 15.5. The van der Waals surface area contributed by atoms with Crippen LogP contribution in [-0.2, 0) is 10.1 Å². The van der Waals surface area contributed by atoms with Crippen molar-refractivity contribution >= 4 is 10.1 Å². The van der Waals surface area contributed by atoms with E-state index in [2.05, 4.69) is 4.18 Å². The first kappa shape index (κ1) is 15.2. The van der Waals surface area contributed by atoms with E-state index in [-0.39, 0.29) is 0 Å². The van der Waals surface area contributed by atoms with Crippen LogP contribution >= 0.6 is 0 Å². The minimum Gasteiger partial charge on any atom is -0.457 e. The minimum atomic E-state index is -5.66. The first-order valence-corrected chi connectivity index (χ1v) is 7.02. The second-order valence-electron chi connectivity index (χ2n) is 3.87. The third kappa shape index (κ3) is 3.88. The van der Waals surface area contributed by atoms with Crippen LogP contribution in [0.1, 0.15) is 0 Å². The third-order valence-electron chi connectivity index (χ3n) is 2.29. The van der Waals surface area contributed by atoms with Crippen molar-refractivity contribution in [3.8, 4) is 17.2 Å². The van der Waals surface area contributed by atoms with Gasteiger partial charge in [0.15, 0.2) is 0 Å². The van der Waals surface area contributed by atoms with Crippen molar-refractivity contribution in [2.75, 3.05) is 0 Å². The Kier molecular flexibility index (Phi) is 4.08. The molecule has 8 heteroatoms. The van der Waals surface area contributed by atoms with Crippen LogP contribution in [0.25, 0.3) is 0 Å². The van der Waals surface area contributed by atoms with E-state index in [4.69, 9.17) is 4.74 Å². The van der Waals surface area contributed by atoms with Crippen LogP contribution in [0.5, 0.6) is 17.2 Å². The Morgan fingerprint density at radius 3 is 1.76 bits per heavy atom. The molecule has 0 aliphatic carbocycles. The minimum absolute atomic E-state index is 0.331. The molecular weight excluding hydrogens is 309 g/mol. The normalized spacial score (nSPS) is 12.0. The standard InChI is InChI=1S/C13H9F3O4S/c14-13(15,16)21(17,18)20-12-8-6-11(7-9-12)19-10-4-2-1-3-5-10/h1-9H. The van der Waals surface area contributed by atoms with Gasteiger partial charge in [0.05, 0.1) is 0 Å². The monoisotopic (exact) mass is 318 g/mol. The largest absolute Gasteiger partial charge is 0.534 e. The molecule has 4 nitrogen and oxygen atoms in total. The van der Waals surface area contributed by atoms with Gasteiger partial charge in [0.1, 0.15) is 17.2 Å². The molecule has 0 heterocycles. The maximum absolute atomic E-state index is 12.1. The molecule has 0 aliphatic rings. The molecule has 0 saturated heterocycles. The summed E-state index contributed by atoms with van der Waals surface area (Å²) in [5.74, 6) is 0.416. The molecule has 0 atom stereocenters. The highest BCUT2D eigenvalue weighted by Crippen LogP contribution is 2.29. The molecular formula is C13H9F3O4S. The number of para-hydroxylation sites is 1. The first-order chi connectivity index (χ1) is 9.78. The molecule has 2 aromatic carbocycles. The quantitative estimate of drug-likeness (QED) is 0.637. The second kappa shape index (κ2) is 5.65. The van der Waals surface area contributed by atoms with E-state index in [0.29, 0.717) is 11.5 Å². The van der Waals surface area contributed by atoms with Gasteiger partial charge in [-0.05, 0) is 36.4 Å². The summed E-state index contributed by atoms with van der Waals surface area (Å²) in [5, 5.41) is 0. The molecule has 0 unspecified atom stereocenters. The molecule has 21 heavy (non-hydrogen) atoms. The Labute approximate surface area is 118 Å². The Balaban J connectivity index is 2.10. The second-order valence-corrected chi connectivity index (χ2v) is 5.41. The smallest absolute Gasteiger partial charge is 0.457 e. The summed E-state index contributed by atoms with van der Waals surface area (Å²) in [5.41, 5.74) is -5.47. The molecule has 0 saturated carbocycles. The van der Waals surface area contributed by atoms with Crippen molar-refractivity contribution in [1.29, 1.82) is 0 Å². The van der Waals surface area contributed by atoms with Gasteiger partial charge in [-0.15, -0.1) is 0 Å². The molecule has 0 spiro atoms. The number of alkyl halides is 3. The van der Waals surface area contributed by atoms with E-state index in [1.165, 1.54) is 12.1 Å². The zero-order valence-electron chi connectivity index (χ0n) is 10.4. The van der Waals surface area contributed by atoms with Crippen molar-refractivity contribution in [1.82, 2.24) is 0 Å². The molecule has 0 radical (unpaired) electrons. The van der Waals surface area contributed by atoms with Crippen LogP contribution in [-0.4, -0.2) is 13.9 Å². The van der Waals surface area contributed by atoms with Gasteiger partial charge in [-0.2, -0.15) is 21.6 Å². The fraction of sp³-hybridized carbons (Fsp3) is 0.0769.